The van der Waals surface area contributed by atoms with Crippen LogP contribution in [0.15, 0.2) is 12.2 Å². The third-order valence-electron chi connectivity index (χ3n) is 3.89. The van der Waals surface area contributed by atoms with Crippen LogP contribution in [0.3, 0.4) is 0 Å². The number of methoxy groups -OCH3 is 1. The summed E-state index contributed by atoms with van der Waals surface area (Å²) in [5.74, 6) is -0.392. The molecule has 0 spiro atoms. The second kappa shape index (κ2) is 9.91. The molecule has 1 rings (SSSR count). The number of unbranched alkanes of at least 4 members (excludes halogenated alkanes) is 3. The number of aliphatic hydroxyl groups is 2. The molecule has 5 heteroatoms. The zero-order chi connectivity index (χ0) is 15.7. The van der Waals surface area contributed by atoms with Crippen LogP contribution in [-0.4, -0.2) is 41.9 Å². The maximum Gasteiger partial charge on any atom is 0.160 e. The van der Waals surface area contributed by atoms with Crippen LogP contribution in [0, 0.1) is 17.2 Å². The molecule has 1 aliphatic heterocycles. The first kappa shape index (κ1) is 18.1. The average molecular weight is 297 g/mol. The maximum atomic E-state index is 10.3. The van der Waals surface area contributed by atoms with E-state index in [0.717, 1.165) is 19.3 Å². The molecule has 0 saturated carbocycles. The van der Waals surface area contributed by atoms with Crippen molar-refractivity contribution in [3.8, 4) is 6.07 Å². The molecule has 1 unspecified atom stereocenters. The topological polar surface area (TPSA) is 82.7 Å². The normalized spacial score (nSPS) is 31.2. The average Bonchev–Trinajstić information content (AvgIpc) is 2.48. The number of aliphatic hydroxyl groups excluding tert-OH is 2. The molecule has 1 heterocycles. The number of nitriles is 1. The largest absolute Gasteiger partial charge is 0.392 e. The van der Waals surface area contributed by atoms with Gasteiger partial charge in [0.1, 0.15) is 0 Å². The van der Waals surface area contributed by atoms with Crippen LogP contribution in [0.2, 0.25) is 0 Å². The Morgan fingerprint density at radius 1 is 1.48 bits per heavy atom. The van der Waals surface area contributed by atoms with Crippen LogP contribution >= 0.6 is 0 Å². The van der Waals surface area contributed by atoms with Crippen molar-refractivity contribution in [1.82, 2.24) is 0 Å². The van der Waals surface area contributed by atoms with Gasteiger partial charge in [0.15, 0.2) is 6.29 Å². The van der Waals surface area contributed by atoms with Crippen LogP contribution in [-0.2, 0) is 9.47 Å². The van der Waals surface area contributed by atoms with E-state index in [1.165, 1.54) is 13.5 Å². The van der Waals surface area contributed by atoms with Crippen LogP contribution < -0.4 is 0 Å². The number of hydrogen-bond donors (Lipinski definition) is 2. The first-order valence-electron chi connectivity index (χ1n) is 7.72. The van der Waals surface area contributed by atoms with Gasteiger partial charge in [-0.1, -0.05) is 31.9 Å². The second-order valence-electron chi connectivity index (χ2n) is 5.51. The molecule has 1 aliphatic rings. The molecule has 5 atom stereocenters. The van der Waals surface area contributed by atoms with Crippen molar-refractivity contribution >= 4 is 0 Å². The van der Waals surface area contributed by atoms with Gasteiger partial charge in [-0.2, -0.15) is 5.26 Å². The molecule has 0 aliphatic carbocycles. The minimum atomic E-state index is -0.836. The highest BCUT2D eigenvalue weighted by Crippen LogP contribution is 2.30. The van der Waals surface area contributed by atoms with E-state index in [9.17, 15) is 10.2 Å². The summed E-state index contributed by atoms with van der Waals surface area (Å²) in [7, 11) is 1.51. The lowest BCUT2D eigenvalue weighted by molar-refractivity contribution is -0.241. The van der Waals surface area contributed by atoms with Crippen molar-refractivity contribution in [2.75, 3.05) is 7.11 Å². The summed E-state index contributed by atoms with van der Waals surface area (Å²) in [5.41, 5.74) is 0. The Hall–Kier alpha value is -0.930. The highest BCUT2D eigenvalue weighted by Gasteiger charge is 2.40. The summed E-state index contributed by atoms with van der Waals surface area (Å²) in [6.45, 7) is 2.15. The molecule has 1 fully saturated rings. The van der Waals surface area contributed by atoms with E-state index in [1.54, 1.807) is 6.08 Å². The summed E-state index contributed by atoms with van der Waals surface area (Å²) in [5, 5.41) is 29.3. The van der Waals surface area contributed by atoms with E-state index in [4.69, 9.17) is 14.7 Å². The van der Waals surface area contributed by atoms with Crippen molar-refractivity contribution in [2.45, 2.75) is 70.1 Å². The molecule has 1 saturated heterocycles. The highest BCUT2D eigenvalue weighted by atomic mass is 16.7. The molecule has 5 nitrogen and oxygen atoms in total. The fourth-order valence-corrected chi connectivity index (χ4v) is 2.62. The first-order valence-corrected chi connectivity index (χ1v) is 7.72. The minimum Gasteiger partial charge on any atom is -0.392 e. The van der Waals surface area contributed by atoms with Gasteiger partial charge in [-0.05, 0) is 12.8 Å². The molecule has 120 valence electrons. The third-order valence-corrected chi connectivity index (χ3v) is 3.89. The van der Waals surface area contributed by atoms with Crippen molar-refractivity contribution in [3.05, 3.63) is 12.2 Å². The summed E-state index contributed by atoms with van der Waals surface area (Å²) < 4.78 is 10.8. The van der Waals surface area contributed by atoms with Crippen LogP contribution in [0.5, 0.6) is 0 Å². The summed E-state index contributed by atoms with van der Waals surface area (Å²) in [6.07, 6.45) is 5.78. The van der Waals surface area contributed by atoms with Gasteiger partial charge in [0.05, 0.1) is 24.4 Å². The lowest BCUT2D eigenvalue weighted by Crippen LogP contribution is -2.49. The molecular formula is C16H27NO4. The lowest BCUT2D eigenvalue weighted by atomic mass is 9.85. The van der Waals surface area contributed by atoms with E-state index in [0.29, 0.717) is 6.42 Å². The van der Waals surface area contributed by atoms with E-state index in [1.807, 2.05) is 6.08 Å². The predicted octanol–water partition coefficient (Wildman–Crippen LogP) is 2.14. The monoisotopic (exact) mass is 297 g/mol. The Labute approximate surface area is 127 Å². The molecule has 0 aromatic rings. The number of hydrogen-bond acceptors (Lipinski definition) is 5. The Bertz CT molecular complexity index is 353. The Balaban J connectivity index is 2.62. The SMILES string of the molecule is CCCCC/C=C/[C@H](O)[C@H]1OC(OC)C[C@@H](O)[C@@H]1CC#N. The number of rotatable bonds is 8. The van der Waals surface area contributed by atoms with Gasteiger partial charge >= 0.3 is 0 Å². The smallest absolute Gasteiger partial charge is 0.160 e. The standard InChI is InChI=1S/C16H27NO4/c1-3-4-5-6-7-8-13(18)16-12(9-10-17)14(19)11-15(20-2)21-16/h7-8,12-16,18-19H,3-6,9,11H2,1-2H3/b8-7+/t12-,13-,14+,15?,16-/m0/s1. The van der Waals surface area contributed by atoms with Crippen molar-refractivity contribution in [2.24, 2.45) is 5.92 Å². The summed E-state index contributed by atoms with van der Waals surface area (Å²) >= 11 is 0. The molecule has 0 aromatic heterocycles. The van der Waals surface area contributed by atoms with E-state index >= 15 is 0 Å². The van der Waals surface area contributed by atoms with Gasteiger partial charge < -0.3 is 19.7 Å². The summed E-state index contributed by atoms with van der Waals surface area (Å²) in [4.78, 5) is 0. The highest BCUT2D eigenvalue weighted by molar-refractivity contribution is 5.00. The Morgan fingerprint density at radius 2 is 2.24 bits per heavy atom. The molecule has 2 N–H and O–H groups in total. The van der Waals surface area contributed by atoms with Gasteiger partial charge in [0.25, 0.3) is 0 Å². The van der Waals surface area contributed by atoms with Crippen molar-refractivity contribution in [3.63, 3.8) is 0 Å². The predicted molar refractivity (Wildman–Crippen MR) is 79.3 cm³/mol. The molecule has 0 aromatic carbocycles. The molecule has 21 heavy (non-hydrogen) atoms. The third kappa shape index (κ3) is 5.76. The zero-order valence-corrected chi connectivity index (χ0v) is 12.9. The molecular weight excluding hydrogens is 270 g/mol. The van der Waals surface area contributed by atoms with Crippen LogP contribution in [0.1, 0.15) is 45.4 Å². The van der Waals surface area contributed by atoms with Gasteiger partial charge in [-0.15, -0.1) is 0 Å². The van der Waals surface area contributed by atoms with E-state index in [-0.39, 0.29) is 6.42 Å². The molecule has 0 radical (unpaired) electrons. The molecule has 0 amide bonds. The van der Waals surface area contributed by atoms with Gasteiger partial charge in [0.2, 0.25) is 0 Å². The lowest BCUT2D eigenvalue weighted by Gasteiger charge is -2.39. The number of ether oxygens (including phenoxy) is 2. The van der Waals surface area contributed by atoms with E-state index in [2.05, 4.69) is 13.0 Å². The van der Waals surface area contributed by atoms with Gasteiger partial charge in [-0.25, -0.2) is 0 Å². The van der Waals surface area contributed by atoms with Crippen LogP contribution in [0.25, 0.3) is 0 Å². The first-order chi connectivity index (χ1) is 10.1. The Morgan fingerprint density at radius 3 is 2.86 bits per heavy atom. The second-order valence-corrected chi connectivity index (χ2v) is 5.51. The fourth-order valence-electron chi connectivity index (χ4n) is 2.62. The summed E-state index contributed by atoms with van der Waals surface area (Å²) in [6, 6.07) is 2.05. The van der Waals surface area contributed by atoms with Crippen LogP contribution in [0.4, 0.5) is 0 Å². The van der Waals surface area contributed by atoms with Gasteiger partial charge in [-0.3, -0.25) is 0 Å². The minimum absolute atomic E-state index is 0.156. The number of allylic oxidation sites excluding steroid dienone is 1. The quantitative estimate of drug-likeness (QED) is 0.530. The van der Waals surface area contributed by atoms with Crippen molar-refractivity contribution < 1.29 is 19.7 Å². The number of nitrogens with zero attached hydrogens (tertiary/aromatic N) is 1. The van der Waals surface area contributed by atoms with E-state index < -0.39 is 30.5 Å². The van der Waals surface area contributed by atoms with Gasteiger partial charge in [0, 0.05) is 25.9 Å². The van der Waals surface area contributed by atoms with Crippen molar-refractivity contribution in [1.29, 1.82) is 5.26 Å². The molecule has 0 bridgehead atoms. The maximum absolute atomic E-state index is 10.3. The zero-order valence-electron chi connectivity index (χ0n) is 12.9. The Kier molecular flexibility index (Phi) is 8.55. The fraction of sp³-hybridized carbons (Fsp3) is 0.812.